The predicted molar refractivity (Wildman–Crippen MR) is 144 cm³/mol. The molecule has 1 aliphatic heterocycles. The van der Waals surface area contributed by atoms with Crippen molar-refractivity contribution >= 4 is 23.2 Å². The van der Waals surface area contributed by atoms with E-state index in [0.717, 1.165) is 23.1 Å². The molecule has 3 aromatic carbocycles. The summed E-state index contributed by atoms with van der Waals surface area (Å²) >= 11 is 1.35. The highest BCUT2D eigenvalue weighted by Crippen LogP contribution is 2.37. The lowest BCUT2D eigenvalue weighted by atomic mass is 9.87. The summed E-state index contributed by atoms with van der Waals surface area (Å²) in [6.07, 6.45) is 1.26. The molecule has 0 saturated carbocycles. The molecule has 0 spiro atoms. The quantitative estimate of drug-likeness (QED) is 0.319. The van der Waals surface area contributed by atoms with Crippen molar-refractivity contribution in [2.75, 3.05) is 6.54 Å². The van der Waals surface area contributed by atoms with Crippen LogP contribution in [0.2, 0.25) is 0 Å². The van der Waals surface area contributed by atoms with Crippen LogP contribution in [0.4, 0.5) is 4.39 Å². The number of carbonyl (C=O) groups excluding carboxylic acids is 2. The van der Waals surface area contributed by atoms with Crippen molar-refractivity contribution < 1.29 is 18.7 Å². The first-order valence-electron chi connectivity index (χ1n) is 12.6. The van der Waals surface area contributed by atoms with E-state index in [9.17, 15) is 14.0 Å². The number of amides is 2. The molecule has 1 unspecified atom stereocenters. The number of thiazole rings is 1. The highest BCUT2D eigenvalue weighted by atomic mass is 32.1. The largest absolute Gasteiger partial charge is 0.486 e. The van der Waals surface area contributed by atoms with Crippen molar-refractivity contribution in [1.29, 1.82) is 0 Å². The monoisotopic (exact) mass is 529 g/mol. The molecule has 5 rings (SSSR count). The van der Waals surface area contributed by atoms with E-state index in [-0.39, 0.29) is 36.8 Å². The number of nitrogens with one attached hydrogen (secondary N) is 1. The van der Waals surface area contributed by atoms with Crippen LogP contribution in [0.25, 0.3) is 0 Å². The van der Waals surface area contributed by atoms with E-state index >= 15 is 0 Å². The summed E-state index contributed by atoms with van der Waals surface area (Å²) in [7, 11) is 0. The Hall–Kier alpha value is -4.04. The Morgan fingerprint density at radius 2 is 1.89 bits per heavy atom. The average Bonchev–Trinajstić information content (AvgIpc) is 3.44. The number of halogens is 1. The lowest BCUT2D eigenvalue weighted by Gasteiger charge is -2.38. The van der Waals surface area contributed by atoms with Crippen LogP contribution in [0, 0.1) is 5.82 Å². The van der Waals surface area contributed by atoms with Gasteiger partial charge in [-0.05, 0) is 52.9 Å². The first-order chi connectivity index (χ1) is 18.5. The number of carbonyl (C=O) groups is 2. The number of hydrogen-bond acceptors (Lipinski definition) is 5. The van der Waals surface area contributed by atoms with Crippen LogP contribution >= 0.6 is 11.3 Å². The third-order valence-corrected chi connectivity index (χ3v) is 7.42. The van der Waals surface area contributed by atoms with Gasteiger partial charge in [0.25, 0.3) is 5.91 Å². The van der Waals surface area contributed by atoms with Gasteiger partial charge in [0.2, 0.25) is 5.91 Å². The summed E-state index contributed by atoms with van der Waals surface area (Å²) in [4.78, 5) is 31.7. The highest BCUT2D eigenvalue weighted by Gasteiger charge is 2.31. The van der Waals surface area contributed by atoms with Gasteiger partial charge < -0.3 is 15.0 Å². The van der Waals surface area contributed by atoms with Gasteiger partial charge in [0, 0.05) is 24.9 Å². The molecule has 2 amide bonds. The molecule has 194 valence electrons. The zero-order chi connectivity index (χ0) is 26.5. The summed E-state index contributed by atoms with van der Waals surface area (Å²) in [5.41, 5.74) is 4.48. The molecule has 0 radical (unpaired) electrons. The van der Waals surface area contributed by atoms with Crippen molar-refractivity contribution in [1.82, 2.24) is 15.2 Å². The molecule has 38 heavy (non-hydrogen) atoms. The summed E-state index contributed by atoms with van der Waals surface area (Å²) in [6, 6.07) is 22.0. The molecule has 8 heteroatoms. The van der Waals surface area contributed by atoms with Crippen LogP contribution in [-0.2, 0) is 24.4 Å². The van der Waals surface area contributed by atoms with Crippen LogP contribution in [-0.4, -0.2) is 28.2 Å². The molecule has 1 aromatic heterocycles. The van der Waals surface area contributed by atoms with Crippen LogP contribution in [0.1, 0.15) is 57.1 Å². The van der Waals surface area contributed by atoms with Crippen molar-refractivity contribution in [3.63, 3.8) is 0 Å². The number of hydrogen-bond donors (Lipinski definition) is 1. The lowest BCUT2D eigenvalue weighted by Crippen LogP contribution is -2.40. The van der Waals surface area contributed by atoms with E-state index in [2.05, 4.69) is 28.5 Å². The molecule has 0 bridgehead atoms. The maximum Gasteiger partial charge on any atom is 0.271 e. The van der Waals surface area contributed by atoms with Gasteiger partial charge >= 0.3 is 0 Å². The van der Waals surface area contributed by atoms with Gasteiger partial charge in [0.1, 0.15) is 28.9 Å². The normalized spacial score (nSPS) is 14.6. The number of rotatable bonds is 8. The summed E-state index contributed by atoms with van der Waals surface area (Å²) < 4.78 is 19.1. The summed E-state index contributed by atoms with van der Waals surface area (Å²) in [5, 5.41) is 5.18. The number of fused-ring (bicyclic) bond motifs is 1. The third kappa shape index (κ3) is 5.75. The highest BCUT2D eigenvalue weighted by molar-refractivity contribution is 7.09. The molecular formula is C30H28FN3O3S. The van der Waals surface area contributed by atoms with Gasteiger partial charge in [-0.25, -0.2) is 9.37 Å². The van der Waals surface area contributed by atoms with Gasteiger partial charge in [-0.3, -0.25) is 9.59 Å². The SMILES string of the molecule is CCC(=O)N1CCc2ccc(OCc3nc(C(=O)NCc4ccc(F)cc4)cs3)cc2C1c1ccccc1. The first-order valence-corrected chi connectivity index (χ1v) is 13.5. The molecule has 2 heterocycles. The molecule has 1 atom stereocenters. The van der Waals surface area contributed by atoms with Crippen LogP contribution in [0.15, 0.2) is 78.2 Å². The van der Waals surface area contributed by atoms with Gasteiger partial charge in [0.15, 0.2) is 0 Å². The van der Waals surface area contributed by atoms with Crippen molar-refractivity contribution in [3.8, 4) is 5.75 Å². The Kier molecular flexibility index (Phi) is 7.79. The average molecular weight is 530 g/mol. The minimum absolute atomic E-state index is 0.129. The molecule has 1 aliphatic rings. The summed E-state index contributed by atoms with van der Waals surface area (Å²) in [5.74, 6) is 0.208. The van der Waals surface area contributed by atoms with Crippen LogP contribution in [0.5, 0.6) is 5.75 Å². The fourth-order valence-corrected chi connectivity index (χ4v) is 5.34. The minimum atomic E-state index is -0.314. The Balaban J connectivity index is 1.27. The van der Waals surface area contributed by atoms with Gasteiger partial charge in [-0.1, -0.05) is 55.5 Å². The van der Waals surface area contributed by atoms with Gasteiger partial charge in [0.05, 0.1) is 6.04 Å². The number of ether oxygens (including phenoxy) is 1. The maximum absolute atomic E-state index is 13.1. The Bertz CT molecular complexity index is 1420. The maximum atomic E-state index is 13.1. The molecule has 4 aromatic rings. The first kappa shape index (κ1) is 25.6. The van der Waals surface area contributed by atoms with E-state index in [4.69, 9.17) is 4.74 Å². The number of benzene rings is 3. The second-order valence-corrected chi connectivity index (χ2v) is 10.0. The Morgan fingerprint density at radius 1 is 1.11 bits per heavy atom. The fourth-order valence-electron chi connectivity index (χ4n) is 4.65. The molecule has 1 N–H and O–H groups in total. The smallest absolute Gasteiger partial charge is 0.271 e. The Labute approximate surface area is 225 Å². The third-order valence-electron chi connectivity index (χ3n) is 6.60. The zero-order valence-corrected chi connectivity index (χ0v) is 21.8. The van der Waals surface area contributed by atoms with Gasteiger partial charge in [-0.15, -0.1) is 11.3 Å². The molecular weight excluding hydrogens is 501 g/mol. The van der Waals surface area contributed by atoms with E-state index in [1.165, 1.54) is 29.0 Å². The number of aromatic nitrogens is 1. The predicted octanol–water partition coefficient (Wildman–Crippen LogP) is 5.68. The number of nitrogens with zero attached hydrogens (tertiary/aromatic N) is 2. The zero-order valence-electron chi connectivity index (χ0n) is 21.0. The second-order valence-electron chi connectivity index (χ2n) is 9.09. The van der Waals surface area contributed by atoms with E-state index in [1.807, 2.05) is 42.2 Å². The second kappa shape index (κ2) is 11.6. The lowest BCUT2D eigenvalue weighted by molar-refractivity contribution is -0.132. The standard InChI is InChI=1S/C30H28FN3O3S/c1-2-28(35)34-15-14-21-10-13-24(16-25(21)29(34)22-6-4-3-5-7-22)37-18-27-33-26(19-38-27)30(36)32-17-20-8-11-23(31)12-9-20/h3-13,16,19,29H,2,14-15,17-18H2,1H3,(H,32,36). The van der Waals surface area contributed by atoms with Crippen molar-refractivity contribution in [2.24, 2.45) is 0 Å². The van der Waals surface area contributed by atoms with E-state index < -0.39 is 0 Å². The van der Waals surface area contributed by atoms with Crippen molar-refractivity contribution in [3.05, 3.63) is 117 Å². The molecule has 0 aliphatic carbocycles. The van der Waals surface area contributed by atoms with Crippen LogP contribution in [0.3, 0.4) is 0 Å². The van der Waals surface area contributed by atoms with Gasteiger partial charge in [-0.2, -0.15) is 0 Å². The van der Waals surface area contributed by atoms with E-state index in [0.29, 0.717) is 29.4 Å². The van der Waals surface area contributed by atoms with E-state index in [1.54, 1.807) is 17.5 Å². The molecule has 6 nitrogen and oxygen atoms in total. The topological polar surface area (TPSA) is 71.5 Å². The molecule has 0 saturated heterocycles. The van der Waals surface area contributed by atoms with Crippen molar-refractivity contribution in [2.45, 2.75) is 39.0 Å². The Morgan fingerprint density at radius 3 is 2.66 bits per heavy atom. The van der Waals surface area contributed by atoms with Crippen LogP contribution < -0.4 is 10.1 Å². The molecule has 0 fully saturated rings. The summed E-state index contributed by atoms with van der Waals surface area (Å²) in [6.45, 7) is 3.09. The minimum Gasteiger partial charge on any atom is -0.486 e. The fraction of sp³-hybridized carbons (Fsp3) is 0.233.